The Morgan fingerprint density at radius 3 is 2.83 bits per heavy atom. The number of rotatable bonds is 6. The van der Waals surface area contributed by atoms with Crippen LogP contribution >= 0.6 is 0 Å². The molecule has 4 heteroatoms. The van der Waals surface area contributed by atoms with Gasteiger partial charge >= 0.3 is 0 Å². The lowest BCUT2D eigenvalue weighted by Gasteiger charge is -2.29. The summed E-state index contributed by atoms with van der Waals surface area (Å²) in [5.41, 5.74) is 4.17. The van der Waals surface area contributed by atoms with Crippen molar-refractivity contribution >= 4 is 0 Å². The van der Waals surface area contributed by atoms with Crippen molar-refractivity contribution in [3.63, 3.8) is 0 Å². The summed E-state index contributed by atoms with van der Waals surface area (Å²) in [5.74, 6) is 0.303. The van der Waals surface area contributed by atoms with Crippen molar-refractivity contribution in [2.45, 2.75) is 12.5 Å². The zero-order valence-corrected chi connectivity index (χ0v) is 11.0. The van der Waals surface area contributed by atoms with E-state index in [0.717, 1.165) is 0 Å². The molecule has 0 bridgehead atoms. The van der Waals surface area contributed by atoms with Gasteiger partial charge in [-0.15, -0.1) is 0 Å². The Kier molecular flexibility index (Phi) is 4.72. The molecule has 1 saturated heterocycles. The first-order valence-electron chi connectivity index (χ1n) is 6.28. The zero-order chi connectivity index (χ0) is 12.8. The minimum atomic E-state index is -0.186. The van der Waals surface area contributed by atoms with Crippen LogP contribution in [0.5, 0.6) is 0 Å². The Bertz CT molecular complexity index is 357. The first kappa shape index (κ1) is 13.5. The molecular weight excluding hydrogens is 230 g/mol. The second-order valence-electron chi connectivity index (χ2n) is 4.75. The number of nitrogens with one attached hydrogen (secondary N) is 1. The van der Waals surface area contributed by atoms with Gasteiger partial charge in [0.1, 0.15) is 0 Å². The summed E-state index contributed by atoms with van der Waals surface area (Å²) in [7, 11) is 1.68. The summed E-state index contributed by atoms with van der Waals surface area (Å²) in [5, 5.41) is 0. The van der Waals surface area contributed by atoms with E-state index in [0.29, 0.717) is 32.3 Å². The standard InChI is InChI=1S/C14H21NO3/c1-14(12-6-4-3-5-7-12)13(11-18-15-14)10-17-9-8-16-2/h3-7,13,15H,8-11H2,1-2H3/t13-,14+/m0/s1. The second kappa shape index (κ2) is 6.29. The van der Waals surface area contributed by atoms with Crippen molar-refractivity contribution in [2.24, 2.45) is 5.92 Å². The highest BCUT2D eigenvalue weighted by Gasteiger charge is 2.41. The molecule has 2 rings (SSSR count). The molecule has 0 spiro atoms. The van der Waals surface area contributed by atoms with E-state index in [-0.39, 0.29) is 5.54 Å². The summed E-state index contributed by atoms with van der Waals surface area (Å²) < 4.78 is 10.6. The molecule has 1 aromatic rings. The van der Waals surface area contributed by atoms with Crippen LogP contribution in [-0.2, 0) is 19.9 Å². The zero-order valence-electron chi connectivity index (χ0n) is 11.0. The van der Waals surface area contributed by atoms with E-state index in [1.54, 1.807) is 7.11 Å². The van der Waals surface area contributed by atoms with Crippen LogP contribution in [0.2, 0.25) is 0 Å². The number of hydroxylamine groups is 1. The normalized spacial score (nSPS) is 27.6. The van der Waals surface area contributed by atoms with Crippen molar-refractivity contribution in [1.29, 1.82) is 0 Å². The summed E-state index contributed by atoms with van der Waals surface area (Å²) in [6.45, 7) is 4.74. The van der Waals surface area contributed by atoms with Crippen molar-refractivity contribution in [3.8, 4) is 0 Å². The maximum Gasteiger partial charge on any atom is 0.0754 e. The van der Waals surface area contributed by atoms with Gasteiger partial charge in [-0.05, 0) is 12.5 Å². The Hall–Kier alpha value is -0.940. The minimum Gasteiger partial charge on any atom is -0.382 e. The average molecular weight is 251 g/mol. The SMILES string of the molecule is COCCOC[C@H]1CON[C@]1(C)c1ccccc1. The molecule has 1 fully saturated rings. The van der Waals surface area contributed by atoms with Gasteiger partial charge in [0.05, 0.1) is 32.0 Å². The Labute approximate surface area is 108 Å². The Balaban J connectivity index is 1.98. The summed E-state index contributed by atoms with van der Waals surface area (Å²) in [6.07, 6.45) is 0. The molecule has 0 amide bonds. The molecule has 4 nitrogen and oxygen atoms in total. The fourth-order valence-electron chi connectivity index (χ4n) is 2.20. The van der Waals surface area contributed by atoms with Crippen LogP contribution in [0.1, 0.15) is 12.5 Å². The summed E-state index contributed by atoms with van der Waals surface area (Å²) >= 11 is 0. The van der Waals surface area contributed by atoms with E-state index in [1.165, 1.54) is 5.56 Å². The maximum absolute atomic E-state index is 5.63. The fourth-order valence-corrected chi connectivity index (χ4v) is 2.20. The van der Waals surface area contributed by atoms with Gasteiger partial charge in [0.15, 0.2) is 0 Å². The highest BCUT2D eigenvalue weighted by atomic mass is 16.7. The monoisotopic (exact) mass is 251 g/mol. The third-order valence-electron chi connectivity index (χ3n) is 3.51. The molecule has 100 valence electrons. The van der Waals surface area contributed by atoms with Gasteiger partial charge in [-0.1, -0.05) is 30.3 Å². The lowest BCUT2D eigenvalue weighted by molar-refractivity contribution is 0.0407. The predicted molar refractivity (Wildman–Crippen MR) is 69.1 cm³/mol. The van der Waals surface area contributed by atoms with E-state index in [4.69, 9.17) is 14.3 Å². The Morgan fingerprint density at radius 1 is 1.33 bits per heavy atom. The summed E-state index contributed by atoms with van der Waals surface area (Å²) in [4.78, 5) is 5.42. The molecule has 0 aliphatic carbocycles. The van der Waals surface area contributed by atoms with E-state index < -0.39 is 0 Å². The number of benzene rings is 1. The lowest BCUT2D eigenvalue weighted by Crippen LogP contribution is -2.40. The van der Waals surface area contributed by atoms with E-state index in [9.17, 15) is 0 Å². The van der Waals surface area contributed by atoms with E-state index in [2.05, 4.69) is 24.5 Å². The van der Waals surface area contributed by atoms with Crippen molar-refractivity contribution in [1.82, 2.24) is 5.48 Å². The molecule has 0 unspecified atom stereocenters. The molecule has 0 saturated carbocycles. The number of ether oxygens (including phenoxy) is 2. The minimum absolute atomic E-state index is 0.186. The molecule has 1 N–H and O–H groups in total. The molecule has 1 heterocycles. The van der Waals surface area contributed by atoms with E-state index in [1.807, 2.05) is 18.2 Å². The first-order valence-corrected chi connectivity index (χ1v) is 6.28. The topological polar surface area (TPSA) is 39.7 Å². The molecule has 0 radical (unpaired) electrons. The molecule has 1 aliphatic rings. The van der Waals surface area contributed by atoms with Crippen molar-refractivity contribution < 1.29 is 14.3 Å². The van der Waals surface area contributed by atoms with Crippen LogP contribution in [0, 0.1) is 5.92 Å². The van der Waals surface area contributed by atoms with Crippen LogP contribution < -0.4 is 5.48 Å². The highest BCUT2D eigenvalue weighted by molar-refractivity contribution is 5.25. The van der Waals surface area contributed by atoms with Crippen LogP contribution in [0.15, 0.2) is 30.3 Å². The quantitative estimate of drug-likeness (QED) is 0.781. The number of hydrogen-bond acceptors (Lipinski definition) is 4. The Morgan fingerprint density at radius 2 is 2.11 bits per heavy atom. The van der Waals surface area contributed by atoms with Crippen molar-refractivity contribution in [3.05, 3.63) is 35.9 Å². The maximum atomic E-state index is 5.63. The van der Waals surface area contributed by atoms with Gasteiger partial charge in [-0.25, -0.2) is 0 Å². The molecule has 2 atom stereocenters. The molecule has 1 aromatic carbocycles. The smallest absolute Gasteiger partial charge is 0.0754 e. The second-order valence-corrected chi connectivity index (χ2v) is 4.75. The fraction of sp³-hybridized carbons (Fsp3) is 0.571. The lowest BCUT2D eigenvalue weighted by atomic mass is 9.82. The van der Waals surface area contributed by atoms with Gasteiger partial charge in [0.25, 0.3) is 0 Å². The van der Waals surface area contributed by atoms with Gasteiger partial charge < -0.3 is 14.3 Å². The molecule has 1 aliphatic heterocycles. The number of hydrogen-bond donors (Lipinski definition) is 1. The van der Waals surface area contributed by atoms with Gasteiger partial charge in [-0.3, -0.25) is 0 Å². The summed E-state index contributed by atoms with van der Waals surface area (Å²) in [6, 6.07) is 10.3. The van der Waals surface area contributed by atoms with Crippen LogP contribution in [-0.4, -0.2) is 33.5 Å². The van der Waals surface area contributed by atoms with Gasteiger partial charge in [-0.2, -0.15) is 5.48 Å². The van der Waals surface area contributed by atoms with Gasteiger partial charge in [0, 0.05) is 13.0 Å². The van der Waals surface area contributed by atoms with Crippen molar-refractivity contribution in [2.75, 3.05) is 33.5 Å². The highest BCUT2D eigenvalue weighted by Crippen LogP contribution is 2.33. The predicted octanol–water partition coefficient (Wildman–Crippen LogP) is 1.72. The molecule has 18 heavy (non-hydrogen) atoms. The van der Waals surface area contributed by atoms with Crippen LogP contribution in [0.25, 0.3) is 0 Å². The molecular formula is C14H21NO3. The average Bonchev–Trinajstić information content (AvgIpc) is 2.79. The third kappa shape index (κ3) is 2.90. The van der Waals surface area contributed by atoms with Crippen LogP contribution in [0.4, 0.5) is 0 Å². The number of methoxy groups -OCH3 is 1. The van der Waals surface area contributed by atoms with Crippen LogP contribution in [0.3, 0.4) is 0 Å². The van der Waals surface area contributed by atoms with Gasteiger partial charge in [0.2, 0.25) is 0 Å². The molecule has 0 aromatic heterocycles. The first-order chi connectivity index (χ1) is 8.77. The third-order valence-corrected chi connectivity index (χ3v) is 3.51. The largest absolute Gasteiger partial charge is 0.382 e. The van der Waals surface area contributed by atoms with E-state index >= 15 is 0 Å².